The highest BCUT2D eigenvalue weighted by molar-refractivity contribution is 6.07. The molecule has 3 aliphatic heterocycles. The zero-order valence-corrected chi connectivity index (χ0v) is 21.2. The topological polar surface area (TPSA) is 20.3 Å². The highest BCUT2D eigenvalue weighted by Crippen LogP contribution is 2.42. The van der Waals surface area contributed by atoms with Gasteiger partial charge in [0, 0.05) is 24.1 Å². The van der Waals surface area contributed by atoms with E-state index in [-0.39, 0.29) is 29.1 Å². The Kier molecular flexibility index (Phi) is 7.55. The molecule has 0 saturated carbocycles. The summed E-state index contributed by atoms with van der Waals surface area (Å²) in [5.41, 5.74) is 2.26. The standard InChI is InChI=1S/C29H35N2O.BrH/c1-2-3-18-30(29(32)27-15-9-13-25-12-7-8-14-26(25)27)28-21-23-16-19-31(28,20-17-23)22-24-10-5-4-6-11-24;/h4-15,23,28H,2-3,16-22H2,1H3;1H/q+1;/p-1. The van der Waals surface area contributed by atoms with Gasteiger partial charge in [-0.1, -0.05) is 80.1 Å². The molecule has 3 fully saturated rings. The summed E-state index contributed by atoms with van der Waals surface area (Å²) in [5.74, 6) is 0.985. The number of hydrogen-bond acceptors (Lipinski definition) is 1. The van der Waals surface area contributed by atoms with E-state index in [1.807, 2.05) is 18.2 Å². The lowest BCUT2D eigenvalue weighted by atomic mass is 9.82. The number of carbonyl (C=O) groups is 1. The van der Waals surface area contributed by atoms with Gasteiger partial charge in [0.15, 0.2) is 6.17 Å². The van der Waals surface area contributed by atoms with E-state index in [0.717, 1.165) is 59.1 Å². The Hall–Kier alpha value is -2.17. The fraction of sp³-hybridized carbons (Fsp3) is 0.414. The summed E-state index contributed by atoms with van der Waals surface area (Å²) in [6.07, 6.45) is 6.19. The molecule has 3 aromatic carbocycles. The third-order valence-electron chi connectivity index (χ3n) is 7.88. The van der Waals surface area contributed by atoms with Crippen LogP contribution in [0.2, 0.25) is 0 Å². The van der Waals surface area contributed by atoms with Gasteiger partial charge in [-0.2, -0.15) is 0 Å². The molecule has 33 heavy (non-hydrogen) atoms. The fourth-order valence-corrected chi connectivity index (χ4v) is 6.11. The summed E-state index contributed by atoms with van der Waals surface area (Å²) in [4.78, 5) is 16.4. The number of unbranched alkanes of at least 4 members (excludes halogenated alkanes) is 1. The molecule has 3 saturated heterocycles. The van der Waals surface area contributed by atoms with Crippen molar-refractivity contribution in [3.8, 4) is 0 Å². The summed E-state index contributed by atoms with van der Waals surface area (Å²) in [5, 5.41) is 2.22. The Morgan fingerprint density at radius 1 is 0.939 bits per heavy atom. The van der Waals surface area contributed by atoms with Gasteiger partial charge in [0.1, 0.15) is 6.54 Å². The van der Waals surface area contributed by atoms with E-state index in [0.29, 0.717) is 0 Å². The van der Waals surface area contributed by atoms with Gasteiger partial charge in [-0.05, 0) is 42.0 Å². The highest BCUT2D eigenvalue weighted by atomic mass is 79.9. The molecule has 4 heteroatoms. The Morgan fingerprint density at radius 3 is 2.39 bits per heavy atom. The lowest BCUT2D eigenvalue weighted by Crippen LogP contribution is -3.00. The molecule has 0 aliphatic carbocycles. The second-order valence-electron chi connectivity index (χ2n) is 9.85. The molecule has 1 atom stereocenters. The van der Waals surface area contributed by atoms with Crippen molar-refractivity contribution in [2.75, 3.05) is 19.6 Å². The van der Waals surface area contributed by atoms with Crippen LogP contribution in [-0.4, -0.2) is 41.1 Å². The molecular weight excluding hydrogens is 472 g/mol. The third-order valence-corrected chi connectivity index (χ3v) is 7.88. The minimum atomic E-state index is 0. The molecule has 0 aromatic heterocycles. The zero-order chi connectivity index (χ0) is 22.0. The maximum absolute atomic E-state index is 14.2. The molecule has 2 bridgehead atoms. The van der Waals surface area contributed by atoms with Crippen molar-refractivity contribution in [1.82, 2.24) is 4.90 Å². The van der Waals surface area contributed by atoms with Gasteiger partial charge in [0.2, 0.25) is 0 Å². The van der Waals surface area contributed by atoms with Crippen molar-refractivity contribution in [3.63, 3.8) is 0 Å². The van der Waals surface area contributed by atoms with Gasteiger partial charge < -0.3 is 21.5 Å². The van der Waals surface area contributed by atoms with Gasteiger partial charge in [-0.3, -0.25) is 9.69 Å². The molecule has 0 N–H and O–H groups in total. The normalized spacial score (nSPS) is 23.8. The molecule has 174 valence electrons. The number of hydrogen-bond donors (Lipinski definition) is 0. The first-order valence-electron chi connectivity index (χ1n) is 12.4. The monoisotopic (exact) mass is 506 g/mol. The van der Waals surface area contributed by atoms with E-state index in [9.17, 15) is 4.79 Å². The minimum Gasteiger partial charge on any atom is -1.00 e. The molecule has 3 aliphatic rings. The number of piperidine rings is 3. The lowest BCUT2D eigenvalue weighted by Gasteiger charge is -2.57. The smallest absolute Gasteiger partial charge is 0.258 e. The molecule has 0 spiro atoms. The van der Waals surface area contributed by atoms with Gasteiger partial charge >= 0.3 is 0 Å². The Bertz CT molecular complexity index is 1070. The van der Waals surface area contributed by atoms with Crippen molar-refractivity contribution in [2.24, 2.45) is 5.92 Å². The largest absolute Gasteiger partial charge is 1.00 e. The van der Waals surface area contributed by atoms with Gasteiger partial charge in [-0.25, -0.2) is 0 Å². The van der Waals surface area contributed by atoms with Crippen LogP contribution in [0.4, 0.5) is 0 Å². The number of benzene rings is 3. The number of halogens is 1. The Balaban J connectivity index is 0.00000259. The van der Waals surface area contributed by atoms with Crippen LogP contribution >= 0.6 is 0 Å². The Morgan fingerprint density at radius 2 is 1.64 bits per heavy atom. The average Bonchev–Trinajstić information content (AvgIpc) is 2.85. The molecule has 1 unspecified atom stereocenters. The first kappa shape index (κ1) is 24.0. The molecule has 3 aromatic rings. The van der Waals surface area contributed by atoms with Crippen LogP contribution < -0.4 is 17.0 Å². The van der Waals surface area contributed by atoms with Crippen LogP contribution in [0.15, 0.2) is 72.8 Å². The molecule has 3 heterocycles. The summed E-state index contributed by atoms with van der Waals surface area (Å²) in [6.45, 7) is 6.49. The second-order valence-corrected chi connectivity index (χ2v) is 9.85. The minimum absolute atomic E-state index is 0. The Labute approximate surface area is 208 Å². The van der Waals surface area contributed by atoms with Gasteiger partial charge in [0.05, 0.1) is 13.1 Å². The van der Waals surface area contributed by atoms with Crippen molar-refractivity contribution in [3.05, 3.63) is 83.9 Å². The predicted octanol–water partition coefficient (Wildman–Crippen LogP) is 3.24. The molecule has 1 amide bonds. The fourth-order valence-electron chi connectivity index (χ4n) is 6.11. The van der Waals surface area contributed by atoms with Crippen molar-refractivity contribution >= 4 is 16.7 Å². The van der Waals surface area contributed by atoms with Crippen molar-refractivity contribution in [1.29, 1.82) is 0 Å². The first-order valence-corrected chi connectivity index (χ1v) is 12.4. The van der Waals surface area contributed by atoms with Crippen LogP contribution in [0.1, 0.15) is 54.9 Å². The van der Waals surface area contributed by atoms with Crippen LogP contribution in [0.3, 0.4) is 0 Å². The van der Waals surface area contributed by atoms with Crippen LogP contribution in [0.5, 0.6) is 0 Å². The highest BCUT2D eigenvalue weighted by Gasteiger charge is 2.51. The van der Waals surface area contributed by atoms with Gasteiger partial charge in [-0.15, -0.1) is 0 Å². The van der Waals surface area contributed by atoms with E-state index in [1.54, 1.807) is 0 Å². The molecule has 6 rings (SSSR count). The number of quaternary nitrogens is 1. The number of fused-ring (bicyclic) bond motifs is 4. The van der Waals surface area contributed by atoms with E-state index >= 15 is 0 Å². The van der Waals surface area contributed by atoms with Crippen LogP contribution in [0.25, 0.3) is 10.8 Å². The zero-order valence-electron chi connectivity index (χ0n) is 19.6. The maximum Gasteiger partial charge on any atom is 0.258 e. The first-order chi connectivity index (χ1) is 15.7. The summed E-state index contributed by atoms with van der Waals surface area (Å²) in [6, 6.07) is 25.4. The SMILES string of the molecule is CCCCN(C(=O)c1cccc2ccccc12)C1CC2CC[N+]1(Cc1ccccc1)CC2.[Br-]. The summed E-state index contributed by atoms with van der Waals surface area (Å²) >= 11 is 0. The van der Waals surface area contributed by atoms with E-state index in [2.05, 4.69) is 66.4 Å². The lowest BCUT2D eigenvalue weighted by molar-refractivity contribution is -0.987. The number of amides is 1. The molecular formula is C29H35BrN2O. The number of carbonyl (C=O) groups excluding carboxylic acids is 1. The summed E-state index contributed by atoms with van der Waals surface area (Å²) < 4.78 is 1.04. The third kappa shape index (κ3) is 4.74. The van der Waals surface area contributed by atoms with Crippen LogP contribution in [-0.2, 0) is 6.54 Å². The van der Waals surface area contributed by atoms with E-state index in [1.165, 1.54) is 31.5 Å². The predicted molar refractivity (Wildman–Crippen MR) is 131 cm³/mol. The quantitative estimate of drug-likeness (QED) is 0.450. The van der Waals surface area contributed by atoms with Crippen molar-refractivity contribution in [2.45, 2.75) is 51.7 Å². The summed E-state index contributed by atoms with van der Waals surface area (Å²) in [7, 11) is 0. The number of nitrogens with zero attached hydrogens (tertiary/aromatic N) is 2. The average molecular weight is 508 g/mol. The van der Waals surface area contributed by atoms with E-state index in [4.69, 9.17) is 0 Å². The molecule has 3 nitrogen and oxygen atoms in total. The van der Waals surface area contributed by atoms with Crippen molar-refractivity contribution < 1.29 is 26.3 Å². The maximum atomic E-state index is 14.2. The van der Waals surface area contributed by atoms with Gasteiger partial charge in [0.25, 0.3) is 5.91 Å². The molecule has 0 radical (unpaired) electrons. The van der Waals surface area contributed by atoms with E-state index < -0.39 is 0 Å². The van der Waals surface area contributed by atoms with Crippen LogP contribution in [0, 0.1) is 5.92 Å². The second kappa shape index (κ2) is 10.4. The number of rotatable bonds is 7.